The van der Waals surface area contributed by atoms with Gasteiger partial charge in [-0.3, -0.25) is 4.98 Å². The number of aromatic nitrogens is 3. The van der Waals surface area contributed by atoms with Gasteiger partial charge in [-0.1, -0.05) is 0 Å². The van der Waals surface area contributed by atoms with Crippen LogP contribution in [0.4, 0.5) is 0 Å². The summed E-state index contributed by atoms with van der Waals surface area (Å²) in [5, 5.41) is 3.43. The standard InChI is InChI=1S/C12H16N4/c1-9(11-3-5-13-6-4-11)14-7-12-10(2)15-8-16-12/h3-6,8-9,14H,7H2,1-2H3,(H,15,16)/t9-/m0/s1. The third kappa shape index (κ3) is 2.46. The molecular formula is C12H16N4. The molecule has 0 amide bonds. The van der Waals surface area contributed by atoms with E-state index in [4.69, 9.17) is 0 Å². The molecule has 16 heavy (non-hydrogen) atoms. The van der Waals surface area contributed by atoms with Crippen LogP contribution in [0, 0.1) is 6.92 Å². The number of aryl methyl sites for hydroxylation is 1. The fourth-order valence-corrected chi connectivity index (χ4v) is 1.59. The molecule has 2 aromatic rings. The second-order valence-corrected chi connectivity index (χ2v) is 3.86. The number of hydrogen-bond donors (Lipinski definition) is 2. The molecule has 0 bridgehead atoms. The Hall–Kier alpha value is -1.68. The molecule has 0 unspecified atom stereocenters. The van der Waals surface area contributed by atoms with Crippen molar-refractivity contribution in [2.24, 2.45) is 0 Å². The Balaban J connectivity index is 1.94. The van der Waals surface area contributed by atoms with Gasteiger partial charge in [0.15, 0.2) is 0 Å². The van der Waals surface area contributed by atoms with E-state index < -0.39 is 0 Å². The van der Waals surface area contributed by atoms with Gasteiger partial charge in [0.05, 0.1) is 12.0 Å². The summed E-state index contributed by atoms with van der Waals surface area (Å²) in [4.78, 5) is 11.3. The minimum absolute atomic E-state index is 0.305. The Kier molecular flexibility index (Phi) is 3.31. The smallest absolute Gasteiger partial charge is 0.0925 e. The highest BCUT2D eigenvalue weighted by atomic mass is 15.0. The lowest BCUT2D eigenvalue weighted by Gasteiger charge is -2.13. The van der Waals surface area contributed by atoms with E-state index in [0.717, 1.165) is 17.9 Å². The lowest BCUT2D eigenvalue weighted by molar-refractivity contribution is 0.567. The molecule has 0 aliphatic rings. The van der Waals surface area contributed by atoms with Crippen LogP contribution in [0.3, 0.4) is 0 Å². The second kappa shape index (κ2) is 4.90. The van der Waals surface area contributed by atoms with Gasteiger partial charge in [-0.15, -0.1) is 0 Å². The van der Waals surface area contributed by atoms with E-state index in [2.05, 4.69) is 27.2 Å². The number of H-pyrrole nitrogens is 1. The van der Waals surface area contributed by atoms with Crippen LogP contribution in [-0.4, -0.2) is 15.0 Å². The molecule has 84 valence electrons. The van der Waals surface area contributed by atoms with Gasteiger partial charge in [0.2, 0.25) is 0 Å². The van der Waals surface area contributed by atoms with Crippen LogP contribution < -0.4 is 5.32 Å². The molecule has 2 aromatic heterocycles. The van der Waals surface area contributed by atoms with E-state index >= 15 is 0 Å². The molecule has 4 heteroatoms. The third-order valence-electron chi connectivity index (χ3n) is 2.72. The van der Waals surface area contributed by atoms with Crippen LogP contribution in [0.1, 0.15) is 29.9 Å². The van der Waals surface area contributed by atoms with E-state index in [1.807, 2.05) is 31.5 Å². The van der Waals surface area contributed by atoms with Crippen molar-refractivity contribution in [3.8, 4) is 0 Å². The zero-order valence-electron chi connectivity index (χ0n) is 9.57. The van der Waals surface area contributed by atoms with Gasteiger partial charge in [-0.25, -0.2) is 4.98 Å². The summed E-state index contributed by atoms with van der Waals surface area (Å²) in [5.74, 6) is 0. The predicted molar refractivity (Wildman–Crippen MR) is 62.8 cm³/mol. The number of rotatable bonds is 4. The number of aromatic amines is 1. The van der Waals surface area contributed by atoms with Crippen LogP contribution in [0.15, 0.2) is 30.9 Å². The molecule has 0 saturated heterocycles. The largest absolute Gasteiger partial charge is 0.348 e. The molecule has 0 radical (unpaired) electrons. The molecule has 0 aliphatic heterocycles. The van der Waals surface area contributed by atoms with E-state index in [9.17, 15) is 0 Å². The molecule has 0 saturated carbocycles. The SMILES string of the molecule is Cc1[nH]cnc1CN[C@@H](C)c1ccncc1. The Labute approximate surface area is 95.1 Å². The van der Waals surface area contributed by atoms with Crippen LogP contribution in [0.2, 0.25) is 0 Å². The summed E-state index contributed by atoms with van der Waals surface area (Å²) in [7, 11) is 0. The first-order valence-corrected chi connectivity index (χ1v) is 5.39. The summed E-state index contributed by atoms with van der Waals surface area (Å²) < 4.78 is 0. The summed E-state index contributed by atoms with van der Waals surface area (Å²) >= 11 is 0. The maximum Gasteiger partial charge on any atom is 0.0925 e. The van der Waals surface area contributed by atoms with Crippen molar-refractivity contribution in [1.82, 2.24) is 20.3 Å². The lowest BCUT2D eigenvalue weighted by atomic mass is 10.1. The first-order chi connectivity index (χ1) is 7.77. The molecule has 2 heterocycles. The highest BCUT2D eigenvalue weighted by Crippen LogP contribution is 2.11. The Bertz CT molecular complexity index is 435. The topological polar surface area (TPSA) is 53.6 Å². The third-order valence-corrected chi connectivity index (χ3v) is 2.72. The number of imidazole rings is 1. The van der Waals surface area contributed by atoms with Crippen molar-refractivity contribution < 1.29 is 0 Å². The Morgan fingerprint density at radius 3 is 2.75 bits per heavy atom. The highest BCUT2D eigenvalue weighted by molar-refractivity contribution is 5.15. The first kappa shape index (κ1) is 10.8. The van der Waals surface area contributed by atoms with Crippen LogP contribution >= 0.6 is 0 Å². The monoisotopic (exact) mass is 216 g/mol. The van der Waals surface area contributed by atoms with Crippen LogP contribution in [0.5, 0.6) is 0 Å². The number of hydrogen-bond acceptors (Lipinski definition) is 3. The zero-order valence-corrected chi connectivity index (χ0v) is 9.57. The fourth-order valence-electron chi connectivity index (χ4n) is 1.59. The maximum atomic E-state index is 4.25. The molecule has 0 spiro atoms. The summed E-state index contributed by atoms with van der Waals surface area (Å²) in [5.41, 5.74) is 3.43. The summed E-state index contributed by atoms with van der Waals surface area (Å²) in [6.07, 6.45) is 5.35. The molecule has 2 N–H and O–H groups in total. The highest BCUT2D eigenvalue weighted by Gasteiger charge is 2.06. The van der Waals surface area contributed by atoms with Gasteiger partial charge in [0.25, 0.3) is 0 Å². The Morgan fingerprint density at radius 1 is 1.38 bits per heavy atom. The Morgan fingerprint density at radius 2 is 2.12 bits per heavy atom. The van der Waals surface area contributed by atoms with Gasteiger partial charge in [-0.05, 0) is 31.5 Å². The van der Waals surface area contributed by atoms with Crippen molar-refractivity contribution in [2.75, 3.05) is 0 Å². The maximum absolute atomic E-state index is 4.25. The van der Waals surface area contributed by atoms with E-state index in [1.54, 1.807) is 6.33 Å². The normalized spacial score (nSPS) is 12.6. The fraction of sp³-hybridized carbons (Fsp3) is 0.333. The van der Waals surface area contributed by atoms with Crippen molar-refractivity contribution in [3.63, 3.8) is 0 Å². The molecule has 0 aromatic carbocycles. The second-order valence-electron chi connectivity index (χ2n) is 3.86. The average molecular weight is 216 g/mol. The molecular weight excluding hydrogens is 200 g/mol. The summed E-state index contributed by atoms with van der Waals surface area (Å²) in [6, 6.07) is 4.35. The van der Waals surface area contributed by atoms with Crippen molar-refractivity contribution in [2.45, 2.75) is 26.4 Å². The van der Waals surface area contributed by atoms with E-state index in [-0.39, 0.29) is 0 Å². The molecule has 4 nitrogen and oxygen atoms in total. The van der Waals surface area contributed by atoms with Crippen molar-refractivity contribution in [3.05, 3.63) is 47.8 Å². The first-order valence-electron chi connectivity index (χ1n) is 5.39. The van der Waals surface area contributed by atoms with E-state index in [0.29, 0.717) is 6.04 Å². The van der Waals surface area contributed by atoms with Gasteiger partial charge in [-0.2, -0.15) is 0 Å². The quantitative estimate of drug-likeness (QED) is 0.821. The van der Waals surface area contributed by atoms with Crippen LogP contribution in [0.25, 0.3) is 0 Å². The van der Waals surface area contributed by atoms with Gasteiger partial charge >= 0.3 is 0 Å². The number of pyridine rings is 1. The van der Waals surface area contributed by atoms with Gasteiger partial charge in [0, 0.05) is 30.7 Å². The number of nitrogens with zero attached hydrogens (tertiary/aromatic N) is 2. The van der Waals surface area contributed by atoms with E-state index in [1.165, 1.54) is 5.56 Å². The molecule has 2 rings (SSSR count). The van der Waals surface area contributed by atoms with Crippen LogP contribution in [-0.2, 0) is 6.54 Å². The van der Waals surface area contributed by atoms with Gasteiger partial charge < -0.3 is 10.3 Å². The minimum Gasteiger partial charge on any atom is -0.348 e. The number of nitrogens with one attached hydrogen (secondary N) is 2. The molecule has 0 fully saturated rings. The zero-order chi connectivity index (χ0) is 11.4. The minimum atomic E-state index is 0.305. The van der Waals surface area contributed by atoms with Crippen molar-refractivity contribution >= 4 is 0 Å². The summed E-state index contributed by atoms with van der Waals surface area (Å²) in [6.45, 7) is 4.94. The predicted octanol–water partition coefficient (Wildman–Crippen LogP) is 1.96. The van der Waals surface area contributed by atoms with Crippen molar-refractivity contribution in [1.29, 1.82) is 0 Å². The lowest BCUT2D eigenvalue weighted by Crippen LogP contribution is -2.18. The molecule has 0 aliphatic carbocycles. The molecule has 1 atom stereocenters. The van der Waals surface area contributed by atoms with Gasteiger partial charge in [0.1, 0.15) is 0 Å². The average Bonchev–Trinajstić information content (AvgIpc) is 2.73.